The molecule has 7 rings (SSSR count). The van der Waals surface area contributed by atoms with Crippen LogP contribution in [0.2, 0.25) is 0 Å². The third kappa shape index (κ3) is 4.99. The van der Waals surface area contributed by atoms with Crippen molar-refractivity contribution >= 4 is 44.6 Å². The van der Waals surface area contributed by atoms with Crippen molar-refractivity contribution in [2.75, 3.05) is 0 Å². The maximum absolute atomic E-state index is 4.79. The monoisotopic (exact) mass is 746 g/mol. The Hall–Kier alpha value is -3.66. The van der Waals surface area contributed by atoms with E-state index in [1.54, 1.807) is 11.8 Å². The maximum atomic E-state index is 4.79. The van der Waals surface area contributed by atoms with Crippen LogP contribution < -0.4 is 0 Å². The fourth-order valence-electron chi connectivity index (χ4n) is 5.58. The zero-order valence-corrected chi connectivity index (χ0v) is 27.1. The van der Waals surface area contributed by atoms with E-state index in [2.05, 4.69) is 151 Å². The summed E-state index contributed by atoms with van der Waals surface area (Å²) >= 11 is 1.69. The van der Waals surface area contributed by atoms with Gasteiger partial charge in [-0.2, -0.15) is 24.3 Å². The van der Waals surface area contributed by atoms with Gasteiger partial charge in [-0.3, -0.25) is 0 Å². The molecule has 4 nitrogen and oxygen atoms in total. The predicted molar refractivity (Wildman–Crippen MR) is 171 cm³/mol. The number of para-hydroxylation sites is 3. The van der Waals surface area contributed by atoms with Crippen molar-refractivity contribution in [3.8, 4) is 11.5 Å². The van der Waals surface area contributed by atoms with Crippen LogP contribution in [0.25, 0.3) is 44.3 Å². The molecule has 0 aliphatic heterocycles. The number of pyridine rings is 1. The van der Waals surface area contributed by atoms with Crippen LogP contribution in [0.4, 0.5) is 0 Å². The molecule has 0 saturated heterocycles. The van der Waals surface area contributed by atoms with Crippen molar-refractivity contribution in [2.24, 2.45) is 0 Å². The fourth-order valence-corrected chi connectivity index (χ4v) is 6.40. The Kier molecular flexibility index (Phi) is 7.83. The Morgan fingerprint density at radius 1 is 0.738 bits per heavy atom. The first-order valence-corrected chi connectivity index (χ1v) is 14.9. The molecule has 0 bridgehead atoms. The standard InChI is InChI=1S/C36H31N4S.Pt/c1-24(2)26-18-19-37-36(20-26)40-32-13-6-5-12-30(32)31-17-16-29(22-35(31)40)41-28-11-9-10-27(21-28)39-23-38(25(3)4)33-14-7-8-15-34(33)39;/h5-20,23-25H,1-4H3;/q-1;. The van der Waals surface area contributed by atoms with Gasteiger partial charge in [0.1, 0.15) is 5.82 Å². The fraction of sp³-hybridized carbons (Fsp3) is 0.167. The molecule has 0 aliphatic rings. The Morgan fingerprint density at radius 2 is 1.48 bits per heavy atom. The Balaban J connectivity index is 0.00000316. The molecular weight excluding hydrogens is 716 g/mol. The van der Waals surface area contributed by atoms with Crippen LogP contribution in [0.5, 0.6) is 0 Å². The minimum absolute atomic E-state index is 0. The van der Waals surface area contributed by atoms with Gasteiger partial charge in [0.15, 0.2) is 17.4 Å². The molecule has 3 heterocycles. The summed E-state index contributed by atoms with van der Waals surface area (Å²) in [5.41, 5.74) is 6.87. The second-order valence-electron chi connectivity index (χ2n) is 11.0. The number of hydrogen-bond acceptors (Lipinski definition) is 2. The second-order valence-corrected chi connectivity index (χ2v) is 12.1. The van der Waals surface area contributed by atoms with E-state index in [1.807, 2.05) is 6.20 Å². The average Bonchev–Trinajstić information content (AvgIpc) is 3.54. The van der Waals surface area contributed by atoms with Crippen LogP contribution in [-0.4, -0.2) is 18.7 Å². The summed E-state index contributed by atoms with van der Waals surface area (Å²) in [6.07, 6.45) is 4.10. The molecule has 0 aliphatic carbocycles. The first-order valence-electron chi connectivity index (χ1n) is 14.1. The first-order chi connectivity index (χ1) is 20.0. The first kappa shape index (κ1) is 28.5. The van der Waals surface area contributed by atoms with Gasteiger partial charge in [0.25, 0.3) is 0 Å². The smallest absolute Gasteiger partial charge is 0.188 e. The molecule has 0 saturated carbocycles. The summed E-state index contributed by atoms with van der Waals surface area (Å²) < 4.78 is 6.79. The van der Waals surface area contributed by atoms with Crippen molar-refractivity contribution in [2.45, 2.75) is 49.4 Å². The maximum Gasteiger partial charge on any atom is 0.188 e. The number of nitrogens with zero attached hydrogens (tertiary/aromatic N) is 4. The van der Waals surface area contributed by atoms with Gasteiger partial charge in [-0.05, 0) is 61.0 Å². The molecule has 0 spiro atoms. The van der Waals surface area contributed by atoms with E-state index in [-0.39, 0.29) is 21.1 Å². The zero-order chi connectivity index (χ0) is 28.1. The quantitative estimate of drug-likeness (QED) is 0.159. The van der Waals surface area contributed by atoms with Crippen molar-refractivity contribution in [3.63, 3.8) is 0 Å². The molecule has 3 aromatic heterocycles. The van der Waals surface area contributed by atoms with E-state index in [1.165, 1.54) is 27.4 Å². The number of benzene rings is 4. The molecule has 0 atom stereocenters. The molecule has 0 radical (unpaired) electrons. The van der Waals surface area contributed by atoms with E-state index in [0.29, 0.717) is 12.0 Å². The molecule has 4 aromatic carbocycles. The topological polar surface area (TPSA) is 27.7 Å². The molecule has 0 amide bonds. The average molecular weight is 747 g/mol. The van der Waals surface area contributed by atoms with Gasteiger partial charge in [-0.1, -0.05) is 48.5 Å². The Labute approximate surface area is 265 Å². The van der Waals surface area contributed by atoms with Gasteiger partial charge in [0.2, 0.25) is 0 Å². The minimum atomic E-state index is 0. The van der Waals surface area contributed by atoms with E-state index in [4.69, 9.17) is 4.98 Å². The van der Waals surface area contributed by atoms with Gasteiger partial charge in [-0.15, -0.1) is 34.2 Å². The Morgan fingerprint density at radius 3 is 2.26 bits per heavy atom. The van der Waals surface area contributed by atoms with Gasteiger partial charge < -0.3 is 4.57 Å². The largest absolute Gasteiger partial charge is 0.319 e. The van der Waals surface area contributed by atoms with Gasteiger partial charge in [-0.25, -0.2) is 14.1 Å². The SMILES string of the molecule is CC(C)c1ccnc(-n2c3[c-]c(Sc4[c-]c(-n5[cH+]n(C(C)C)c6ccccc65)ccc4)ccc3c3ccccc32)c1.[Pt]. The van der Waals surface area contributed by atoms with E-state index >= 15 is 0 Å². The molecule has 212 valence electrons. The summed E-state index contributed by atoms with van der Waals surface area (Å²) in [6, 6.07) is 39.9. The van der Waals surface area contributed by atoms with Crippen LogP contribution in [0.15, 0.2) is 113 Å². The van der Waals surface area contributed by atoms with E-state index < -0.39 is 0 Å². The number of rotatable bonds is 6. The van der Waals surface area contributed by atoms with Gasteiger partial charge in [0, 0.05) is 50.6 Å². The van der Waals surface area contributed by atoms with Crippen LogP contribution in [0.3, 0.4) is 0 Å². The summed E-state index contributed by atoms with van der Waals surface area (Å²) in [5, 5.41) is 2.38. The molecule has 6 heteroatoms. The minimum Gasteiger partial charge on any atom is -0.319 e. The Bertz CT molecular complexity index is 2050. The molecule has 7 aromatic rings. The summed E-state index contributed by atoms with van der Waals surface area (Å²) in [4.78, 5) is 6.88. The number of imidazole rings is 1. The van der Waals surface area contributed by atoms with Crippen molar-refractivity contribution in [3.05, 3.63) is 121 Å². The number of aromatic nitrogens is 4. The zero-order valence-electron chi connectivity index (χ0n) is 24.0. The van der Waals surface area contributed by atoms with E-state index in [0.717, 1.165) is 32.3 Å². The van der Waals surface area contributed by atoms with Crippen LogP contribution in [0.1, 0.15) is 45.2 Å². The number of fused-ring (bicyclic) bond motifs is 4. The predicted octanol–water partition coefficient (Wildman–Crippen LogP) is 9.66. The molecule has 0 N–H and O–H groups in total. The molecule has 0 unspecified atom stereocenters. The number of hydrogen-bond donors (Lipinski definition) is 0. The van der Waals surface area contributed by atoms with Crippen molar-refractivity contribution in [1.82, 2.24) is 18.7 Å². The third-order valence-electron chi connectivity index (χ3n) is 7.67. The second kappa shape index (κ2) is 11.5. The summed E-state index contributed by atoms with van der Waals surface area (Å²) in [7, 11) is 0. The van der Waals surface area contributed by atoms with Gasteiger partial charge in [0.05, 0.1) is 6.04 Å². The molecule has 42 heavy (non-hydrogen) atoms. The normalized spacial score (nSPS) is 11.7. The van der Waals surface area contributed by atoms with Crippen LogP contribution in [-0.2, 0) is 21.1 Å². The van der Waals surface area contributed by atoms with Crippen LogP contribution >= 0.6 is 11.8 Å². The van der Waals surface area contributed by atoms with E-state index in [9.17, 15) is 0 Å². The van der Waals surface area contributed by atoms with Crippen LogP contribution in [0, 0.1) is 12.1 Å². The molecular formula is C36H31N4PtS-. The summed E-state index contributed by atoms with van der Waals surface area (Å²) in [6.45, 7) is 8.87. The van der Waals surface area contributed by atoms with Gasteiger partial charge >= 0.3 is 0 Å². The third-order valence-corrected chi connectivity index (χ3v) is 8.59. The summed E-state index contributed by atoms with van der Waals surface area (Å²) in [5.74, 6) is 1.35. The van der Waals surface area contributed by atoms with Crippen molar-refractivity contribution < 1.29 is 21.1 Å². The van der Waals surface area contributed by atoms with Crippen molar-refractivity contribution in [1.29, 1.82) is 0 Å². The molecule has 0 fully saturated rings.